The van der Waals surface area contributed by atoms with Gasteiger partial charge in [-0.15, -0.1) is 0 Å². The first kappa shape index (κ1) is 15.6. The fourth-order valence-corrected chi connectivity index (χ4v) is 1.73. The Bertz CT molecular complexity index is 628. The van der Waals surface area contributed by atoms with Crippen molar-refractivity contribution < 1.29 is 18.3 Å². The van der Waals surface area contributed by atoms with Crippen LogP contribution in [-0.2, 0) is 11.2 Å². The molecule has 0 bridgehead atoms. The van der Waals surface area contributed by atoms with E-state index in [0.717, 1.165) is 5.56 Å². The predicted octanol–water partition coefficient (Wildman–Crippen LogP) is 2.98. The van der Waals surface area contributed by atoms with Gasteiger partial charge in [0.25, 0.3) is 0 Å². The number of benzene rings is 2. The molecule has 1 N–H and O–H groups in total. The fraction of sp³-hybridized carbons (Fsp3) is 0.125. The lowest BCUT2D eigenvalue weighted by atomic mass is 10.1. The molecular weight excluding hydrogens is 290 g/mol. The monoisotopic (exact) mass is 304 g/mol. The molecular formula is C16H14F2N2O2. The minimum atomic E-state index is -2.85. The van der Waals surface area contributed by atoms with E-state index in [-0.39, 0.29) is 18.1 Å². The number of rotatable bonds is 6. The van der Waals surface area contributed by atoms with Gasteiger partial charge in [0.1, 0.15) is 5.75 Å². The van der Waals surface area contributed by atoms with Crippen LogP contribution < -0.4 is 10.2 Å². The van der Waals surface area contributed by atoms with Gasteiger partial charge in [-0.1, -0.05) is 30.3 Å². The van der Waals surface area contributed by atoms with Gasteiger partial charge < -0.3 is 4.74 Å². The van der Waals surface area contributed by atoms with Gasteiger partial charge in [0.15, 0.2) is 0 Å². The van der Waals surface area contributed by atoms with Crippen molar-refractivity contribution in [3.05, 3.63) is 65.7 Å². The average molecular weight is 304 g/mol. The van der Waals surface area contributed by atoms with E-state index in [4.69, 9.17) is 0 Å². The first-order valence-electron chi connectivity index (χ1n) is 6.54. The van der Waals surface area contributed by atoms with Crippen molar-refractivity contribution in [2.45, 2.75) is 13.0 Å². The minimum Gasteiger partial charge on any atom is -0.435 e. The predicted molar refractivity (Wildman–Crippen MR) is 79.0 cm³/mol. The molecule has 2 aromatic rings. The van der Waals surface area contributed by atoms with E-state index in [1.807, 2.05) is 30.3 Å². The normalized spacial score (nSPS) is 10.9. The van der Waals surface area contributed by atoms with Gasteiger partial charge in [0.05, 0.1) is 12.6 Å². The highest BCUT2D eigenvalue weighted by molar-refractivity contribution is 5.83. The molecule has 0 aromatic heterocycles. The summed E-state index contributed by atoms with van der Waals surface area (Å²) < 4.78 is 28.2. The van der Waals surface area contributed by atoms with Crippen LogP contribution in [0.1, 0.15) is 11.1 Å². The Hall–Kier alpha value is -2.76. The molecule has 4 nitrogen and oxygen atoms in total. The lowest BCUT2D eigenvalue weighted by molar-refractivity contribution is -0.120. The number of carbonyl (C=O) groups is 1. The number of alkyl halides is 2. The quantitative estimate of drug-likeness (QED) is 0.659. The highest BCUT2D eigenvalue weighted by atomic mass is 19.3. The molecule has 2 aromatic carbocycles. The zero-order valence-corrected chi connectivity index (χ0v) is 11.6. The summed E-state index contributed by atoms with van der Waals surface area (Å²) in [6.45, 7) is -2.85. The summed E-state index contributed by atoms with van der Waals surface area (Å²) in [5, 5.41) is 3.81. The molecule has 0 heterocycles. The van der Waals surface area contributed by atoms with Crippen molar-refractivity contribution in [2.75, 3.05) is 0 Å². The Morgan fingerprint density at radius 2 is 1.82 bits per heavy atom. The van der Waals surface area contributed by atoms with Gasteiger partial charge in [-0.25, -0.2) is 5.43 Å². The number of amides is 1. The Kier molecular flexibility index (Phi) is 5.59. The molecule has 0 saturated carbocycles. The largest absolute Gasteiger partial charge is 0.435 e. The van der Waals surface area contributed by atoms with Crippen molar-refractivity contribution in [1.82, 2.24) is 5.43 Å². The van der Waals surface area contributed by atoms with E-state index in [1.165, 1.54) is 18.3 Å². The molecule has 0 radical (unpaired) electrons. The van der Waals surface area contributed by atoms with E-state index in [1.54, 1.807) is 12.1 Å². The number of hydrogen-bond acceptors (Lipinski definition) is 3. The maximum Gasteiger partial charge on any atom is 0.387 e. The van der Waals surface area contributed by atoms with Gasteiger partial charge in [0.2, 0.25) is 5.91 Å². The molecule has 0 unspecified atom stereocenters. The Morgan fingerprint density at radius 1 is 1.14 bits per heavy atom. The minimum absolute atomic E-state index is 0.0697. The number of nitrogens with one attached hydrogen (secondary N) is 1. The third kappa shape index (κ3) is 5.32. The number of hydrogen-bond donors (Lipinski definition) is 1. The summed E-state index contributed by atoms with van der Waals surface area (Å²) in [5.41, 5.74) is 3.95. The number of nitrogens with zero attached hydrogens (tertiary/aromatic N) is 1. The van der Waals surface area contributed by atoms with E-state index in [9.17, 15) is 13.6 Å². The van der Waals surface area contributed by atoms with Gasteiger partial charge in [0, 0.05) is 0 Å². The molecule has 6 heteroatoms. The summed E-state index contributed by atoms with van der Waals surface area (Å²) >= 11 is 0. The van der Waals surface area contributed by atoms with Crippen molar-refractivity contribution in [2.24, 2.45) is 5.10 Å². The summed E-state index contributed by atoms with van der Waals surface area (Å²) in [6, 6.07) is 15.2. The lowest BCUT2D eigenvalue weighted by Crippen LogP contribution is -2.19. The van der Waals surface area contributed by atoms with Gasteiger partial charge >= 0.3 is 6.61 Å². The molecule has 22 heavy (non-hydrogen) atoms. The average Bonchev–Trinajstić information content (AvgIpc) is 2.49. The molecule has 0 aliphatic carbocycles. The highest BCUT2D eigenvalue weighted by Gasteiger charge is 2.03. The van der Waals surface area contributed by atoms with E-state index in [2.05, 4.69) is 15.3 Å². The van der Waals surface area contributed by atoms with E-state index in [0.29, 0.717) is 5.56 Å². The summed E-state index contributed by atoms with van der Waals surface area (Å²) in [6.07, 6.45) is 1.66. The van der Waals surface area contributed by atoms with Crippen molar-refractivity contribution in [1.29, 1.82) is 0 Å². The molecule has 0 saturated heterocycles. The van der Waals surface area contributed by atoms with E-state index < -0.39 is 6.61 Å². The smallest absolute Gasteiger partial charge is 0.387 e. The van der Waals surface area contributed by atoms with Crippen LogP contribution >= 0.6 is 0 Å². The van der Waals surface area contributed by atoms with Crippen molar-refractivity contribution in [3.63, 3.8) is 0 Å². The molecule has 0 spiro atoms. The summed E-state index contributed by atoms with van der Waals surface area (Å²) in [5.74, 6) is -0.166. The summed E-state index contributed by atoms with van der Waals surface area (Å²) in [7, 11) is 0. The van der Waals surface area contributed by atoms with Crippen LogP contribution in [0.25, 0.3) is 0 Å². The topological polar surface area (TPSA) is 50.7 Å². The highest BCUT2D eigenvalue weighted by Crippen LogP contribution is 2.13. The van der Waals surface area contributed by atoms with Crippen LogP contribution in [-0.4, -0.2) is 18.7 Å². The van der Waals surface area contributed by atoms with Crippen LogP contribution in [0.2, 0.25) is 0 Å². The molecule has 2 rings (SSSR count). The van der Waals surface area contributed by atoms with Crippen LogP contribution in [0.4, 0.5) is 8.78 Å². The second-order valence-electron chi connectivity index (χ2n) is 4.40. The first-order chi connectivity index (χ1) is 10.6. The van der Waals surface area contributed by atoms with Crippen molar-refractivity contribution >= 4 is 12.1 Å². The van der Waals surface area contributed by atoms with Gasteiger partial charge in [-0.2, -0.15) is 13.9 Å². The third-order valence-electron chi connectivity index (χ3n) is 2.72. The Morgan fingerprint density at radius 3 is 2.45 bits per heavy atom. The maximum absolute atomic E-state index is 12.0. The second kappa shape index (κ2) is 7.87. The molecule has 114 valence electrons. The number of halogens is 2. The van der Waals surface area contributed by atoms with Crippen LogP contribution in [0.3, 0.4) is 0 Å². The molecule has 0 aliphatic rings. The first-order valence-corrected chi connectivity index (χ1v) is 6.54. The lowest BCUT2D eigenvalue weighted by Gasteiger charge is -2.03. The zero-order chi connectivity index (χ0) is 15.8. The summed E-state index contributed by atoms with van der Waals surface area (Å²) in [4.78, 5) is 11.6. The number of hydrazone groups is 1. The van der Waals surface area contributed by atoms with Crippen LogP contribution in [0.5, 0.6) is 5.75 Å². The van der Waals surface area contributed by atoms with Crippen molar-refractivity contribution in [3.8, 4) is 5.75 Å². The molecule has 1 amide bonds. The fourth-order valence-electron chi connectivity index (χ4n) is 1.73. The third-order valence-corrected chi connectivity index (χ3v) is 2.72. The molecule has 0 aliphatic heterocycles. The SMILES string of the molecule is O=C(Cc1ccccc1)N/N=C/c1ccc(OC(F)F)cc1. The van der Waals surface area contributed by atoms with E-state index >= 15 is 0 Å². The maximum atomic E-state index is 12.0. The van der Waals surface area contributed by atoms with Crippen LogP contribution in [0.15, 0.2) is 59.7 Å². The molecule has 0 atom stereocenters. The Balaban J connectivity index is 1.83. The molecule has 0 fully saturated rings. The second-order valence-corrected chi connectivity index (χ2v) is 4.40. The standard InChI is InChI=1S/C16H14F2N2O2/c17-16(18)22-14-8-6-13(7-9-14)11-19-20-15(21)10-12-4-2-1-3-5-12/h1-9,11,16H,10H2,(H,20,21)/b19-11+. The van der Waals surface area contributed by atoms with Gasteiger partial charge in [-0.05, 0) is 35.4 Å². The van der Waals surface area contributed by atoms with Crippen LogP contribution in [0, 0.1) is 0 Å². The number of ether oxygens (including phenoxy) is 1. The number of carbonyl (C=O) groups excluding carboxylic acids is 1. The zero-order valence-electron chi connectivity index (χ0n) is 11.6. The van der Waals surface area contributed by atoms with Gasteiger partial charge in [-0.3, -0.25) is 4.79 Å². The Labute approximate surface area is 126 Å².